The Morgan fingerprint density at radius 3 is 2.83 bits per heavy atom. The van der Waals surface area contributed by atoms with Gasteiger partial charge in [0.25, 0.3) is 0 Å². The molecule has 1 N–H and O–H groups in total. The van der Waals surface area contributed by atoms with Gasteiger partial charge in [-0.15, -0.1) is 0 Å². The van der Waals surface area contributed by atoms with Crippen LogP contribution >= 0.6 is 0 Å². The Labute approximate surface area is 73.5 Å². The van der Waals surface area contributed by atoms with Crippen LogP contribution in [0.1, 0.15) is 20.3 Å². The molecular weight excluding hydrogens is 157 g/mol. The number of halogens is 1. The topological polar surface area (TPSA) is 21.3 Å². The Bertz CT molecular complexity index is 130. The summed E-state index contributed by atoms with van der Waals surface area (Å²) in [6.45, 7) is 5.13. The molecule has 2 nitrogen and oxygen atoms in total. The lowest BCUT2D eigenvalue weighted by Crippen LogP contribution is -2.26. The van der Waals surface area contributed by atoms with Gasteiger partial charge >= 0.3 is 0 Å². The summed E-state index contributed by atoms with van der Waals surface area (Å²) in [7, 11) is 0. The van der Waals surface area contributed by atoms with Gasteiger partial charge in [0.15, 0.2) is 0 Å². The minimum Gasteiger partial charge on any atom is -0.374 e. The van der Waals surface area contributed by atoms with Gasteiger partial charge in [0.2, 0.25) is 0 Å². The second-order valence-electron chi connectivity index (χ2n) is 3.68. The van der Waals surface area contributed by atoms with Crippen molar-refractivity contribution in [3.63, 3.8) is 0 Å². The molecule has 12 heavy (non-hydrogen) atoms. The third kappa shape index (κ3) is 2.72. The van der Waals surface area contributed by atoms with E-state index in [1.807, 2.05) is 0 Å². The first-order valence-electron chi connectivity index (χ1n) is 4.65. The summed E-state index contributed by atoms with van der Waals surface area (Å²) in [5, 5.41) is 3.37. The molecule has 0 amide bonds. The lowest BCUT2D eigenvalue weighted by Gasteiger charge is -2.14. The van der Waals surface area contributed by atoms with Crippen molar-refractivity contribution in [3.8, 4) is 0 Å². The van der Waals surface area contributed by atoms with Gasteiger partial charge in [0.1, 0.15) is 6.67 Å². The fourth-order valence-electron chi connectivity index (χ4n) is 1.58. The Morgan fingerprint density at radius 1 is 1.58 bits per heavy atom. The molecule has 0 aromatic heterocycles. The normalized spacial score (nSPS) is 30.0. The van der Waals surface area contributed by atoms with Crippen molar-refractivity contribution in [2.75, 3.05) is 19.8 Å². The van der Waals surface area contributed by atoms with E-state index < -0.39 is 0 Å². The van der Waals surface area contributed by atoms with Crippen LogP contribution in [0.25, 0.3) is 0 Å². The van der Waals surface area contributed by atoms with Crippen LogP contribution in [0.3, 0.4) is 0 Å². The highest BCUT2D eigenvalue weighted by molar-refractivity contribution is 4.84. The molecule has 1 heterocycles. The minimum absolute atomic E-state index is 0.230. The third-order valence-electron chi connectivity index (χ3n) is 2.36. The Kier molecular flexibility index (Phi) is 3.95. The van der Waals surface area contributed by atoms with Crippen LogP contribution in [-0.2, 0) is 4.74 Å². The van der Waals surface area contributed by atoms with Crippen LogP contribution in [0.4, 0.5) is 4.39 Å². The average molecular weight is 175 g/mol. The molecule has 0 unspecified atom stereocenters. The Morgan fingerprint density at radius 2 is 2.33 bits per heavy atom. The first kappa shape index (κ1) is 9.93. The van der Waals surface area contributed by atoms with Crippen molar-refractivity contribution in [2.24, 2.45) is 5.92 Å². The maximum absolute atomic E-state index is 11.8. The standard InChI is InChI=1S/C9H18FNO/c1-7(2)9-5-8(6-11-9)12-4-3-10/h7-9,11H,3-6H2,1-2H3/t8-,9-/m0/s1. The SMILES string of the molecule is CC(C)[C@@H]1C[C@H](OCCF)CN1. The van der Waals surface area contributed by atoms with Crippen LogP contribution in [0.2, 0.25) is 0 Å². The number of hydrogen-bond donors (Lipinski definition) is 1. The molecule has 0 spiro atoms. The predicted octanol–water partition coefficient (Wildman–Crippen LogP) is 1.36. The molecule has 1 aliphatic rings. The van der Waals surface area contributed by atoms with E-state index in [-0.39, 0.29) is 19.4 Å². The van der Waals surface area contributed by atoms with Gasteiger partial charge in [0, 0.05) is 12.6 Å². The van der Waals surface area contributed by atoms with Gasteiger partial charge in [-0.1, -0.05) is 13.8 Å². The van der Waals surface area contributed by atoms with Crippen LogP contribution < -0.4 is 5.32 Å². The summed E-state index contributed by atoms with van der Waals surface area (Å²) in [5.41, 5.74) is 0. The van der Waals surface area contributed by atoms with E-state index in [0.29, 0.717) is 12.0 Å². The van der Waals surface area contributed by atoms with E-state index >= 15 is 0 Å². The van der Waals surface area contributed by atoms with Gasteiger partial charge in [-0.2, -0.15) is 0 Å². The maximum atomic E-state index is 11.8. The second-order valence-corrected chi connectivity index (χ2v) is 3.68. The maximum Gasteiger partial charge on any atom is 0.113 e. The van der Waals surface area contributed by atoms with Gasteiger partial charge in [-0.05, 0) is 12.3 Å². The number of hydrogen-bond acceptors (Lipinski definition) is 2. The predicted molar refractivity (Wildman–Crippen MR) is 47.0 cm³/mol. The molecule has 0 aliphatic carbocycles. The molecule has 0 radical (unpaired) electrons. The second kappa shape index (κ2) is 4.77. The summed E-state index contributed by atoms with van der Waals surface area (Å²) in [4.78, 5) is 0. The molecule has 1 aliphatic heterocycles. The van der Waals surface area contributed by atoms with E-state index in [1.165, 1.54) is 0 Å². The lowest BCUT2D eigenvalue weighted by atomic mass is 10.0. The minimum atomic E-state index is -0.372. The molecule has 1 fully saturated rings. The molecule has 72 valence electrons. The number of rotatable bonds is 4. The molecule has 0 aromatic rings. The van der Waals surface area contributed by atoms with Crippen molar-refractivity contribution in [2.45, 2.75) is 32.4 Å². The molecular formula is C9H18FNO. The molecule has 1 rings (SSSR count). The van der Waals surface area contributed by atoms with Crippen molar-refractivity contribution in [3.05, 3.63) is 0 Å². The molecule has 3 heteroatoms. The highest BCUT2D eigenvalue weighted by Gasteiger charge is 2.26. The summed E-state index contributed by atoms with van der Waals surface area (Å²) in [5.74, 6) is 0.643. The summed E-state index contributed by atoms with van der Waals surface area (Å²) in [6, 6.07) is 0.551. The fraction of sp³-hybridized carbons (Fsp3) is 1.00. The zero-order valence-corrected chi connectivity index (χ0v) is 7.85. The summed E-state index contributed by atoms with van der Waals surface area (Å²) < 4.78 is 17.1. The van der Waals surface area contributed by atoms with E-state index in [4.69, 9.17) is 4.74 Å². The smallest absolute Gasteiger partial charge is 0.113 e. The first-order valence-corrected chi connectivity index (χ1v) is 4.65. The van der Waals surface area contributed by atoms with Crippen molar-refractivity contribution in [1.29, 1.82) is 0 Å². The van der Waals surface area contributed by atoms with E-state index in [9.17, 15) is 4.39 Å². The molecule has 0 bridgehead atoms. The zero-order valence-electron chi connectivity index (χ0n) is 7.85. The monoisotopic (exact) mass is 175 g/mol. The van der Waals surface area contributed by atoms with Crippen LogP contribution in [0.15, 0.2) is 0 Å². The van der Waals surface area contributed by atoms with Crippen molar-refractivity contribution < 1.29 is 9.13 Å². The van der Waals surface area contributed by atoms with E-state index in [2.05, 4.69) is 19.2 Å². The number of alkyl halides is 1. The van der Waals surface area contributed by atoms with Crippen molar-refractivity contribution >= 4 is 0 Å². The quantitative estimate of drug-likeness (QED) is 0.696. The van der Waals surface area contributed by atoms with E-state index in [1.54, 1.807) is 0 Å². The Balaban J connectivity index is 2.17. The molecule has 1 saturated heterocycles. The van der Waals surface area contributed by atoms with E-state index in [0.717, 1.165) is 13.0 Å². The van der Waals surface area contributed by atoms with Gasteiger partial charge < -0.3 is 10.1 Å². The molecule has 0 aromatic carbocycles. The largest absolute Gasteiger partial charge is 0.374 e. The zero-order chi connectivity index (χ0) is 8.97. The highest BCUT2D eigenvalue weighted by Crippen LogP contribution is 2.16. The van der Waals surface area contributed by atoms with Crippen molar-refractivity contribution in [1.82, 2.24) is 5.32 Å². The van der Waals surface area contributed by atoms with Crippen LogP contribution in [0, 0.1) is 5.92 Å². The molecule has 2 atom stereocenters. The summed E-state index contributed by atoms with van der Waals surface area (Å²) in [6.07, 6.45) is 1.26. The number of nitrogens with one attached hydrogen (secondary N) is 1. The van der Waals surface area contributed by atoms with Gasteiger partial charge in [-0.25, -0.2) is 4.39 Å². The Hall–Kier alpha value is -0.150. The fourth-order valence-corrected chi connectivity index (χ4v) is 1.58. The van der Waals surface area contributed by atoms with Crippen LogP contribution in [-0.4, -0.2) is 32.0 Å². The van der Waals surface area contributed by atoms with Crippen LogP contribution in [0.5, 0.6) is 0 Å². The van der Waals surface area contributed by atoms with Gasteiger partial charge in [0.05, 0.1) is 12.7 Å². The lowest BCUT2D eigenvalue weighted by molar-refractivity contribution is 0.0549. The average Bonchev–Trinajstić information content (AvgIpc) is 2.48. The van der Waals surface area contributed by atoms with Gasteiger partial charge in [-0.3, -0.25) is 0 Å². The third-order valence-corrected chi connectivity index (χ3v) is 2.36. The molecule has 0 saturated carbocycles. The number of ether oxygens (including phenoxy) is 1. The highest BCUT2D eigenvalue weighted by atomic mass is 19.1. The first-order chi connectivity index (χ1) is 5.74. The summed E-state index contributed by atoms with van der Waals surface area (Å²) >= 11 is 0.